The summed E-state index contributed by atoms with van der Waals surface area (Å²) in [5.41, 5.74) is 0. The molecular formula is C8H8NO3. The number of hydrogen-bond donors (Lipinski definition) is 0. The normalized spacial score (nSPS) is 9.33. The number of hydrogen-bond acceptors (Lipinski definition) is 3. The van der Waals surface area contributed by atoms with Crippen LogP contribution in [-0.4, -0.2) is 11.5 Å². The molecule has 0 heterocycles. The van der Waals surface area contributed by atoms with Gasteiger partial charge in [0.15, 0.2) is 6.61 Å². The molecule has 4 heteroatoms. The average Bonchev–Trinajstić information content (AvgIpc) is 2.05. The third-order valence-corrected chi connectivity index (χ3v) is 1.22. The molecule has 0 N–H and O–H groups in total. The van der Waals surface area contributed by atoms with Crippen LogP contribution in [0.3, 0.4) is 0 Å². The average molecular weight is 166 g/mol. The lowest BCUT2D eigenvalue weighted by atomic mass is 10.3. The van der Waals surface area contributed by atoms with Crippen molar-refractivity contribution in [2.24, 2.45) is 0 Å². The third-order valence-electron chi connectivity index (χ3n) is 1.22. The van der Waals surface area contributed by atoms with Crippen molar-refractivity contribution in [3.05, 3.63) is 47.0 Å². The van der Waals surface area contributed by atoms with Crippen LogP contribution in [0.4, 0.5) is 0 Å². The maximum Gasteiger partial charge on any atom is 0.315 e. The fourth-order valence-corrected chi connectivity index (χ4v) is 0.711. The molecule has 12 heavy (non-hydrogen) atoms. The van der Waals surface area contributed by atoms with Crippen LogP contribution in [-0.2, 0) is 0 Å². The van der Waals surface area contributed by atoms with E-state index in [2.05, 4.69) is 0 Å². The van der Waals surface area contributed by atoms with E-state index in [9.17, 15) is 10.1 Å². The van der Waals surface area contributed by atoms with Gasteiger partial charge >= 0.3 is 6.54 Å². The van der Waals surface area contributed by atoms with Crippen LogP contribution < -0.4 is 4.74 Å². The van der Waals surface area contributed by atoms with Gasteiger partial charge in [-0.25, -0.2) is 0 Å². The van der Waals surface area contributed by atoms with E-state index in [-0.39, 0.29) is 6.61 Å². The summed E-state index contributed by atoms with van der Waals surface area (Å²) in [4.78, 5) is 9.33. The Labute approximate surface area is 69.9 Å². The Morgan fingerprint density at radius 3 is 2.67 bits per heavy atom. The molecule has 0 amide bonds. The van der Waals surface area contributed by atoms with Crippen molar-refractivity contribution in [2.75, 3.05) is 6.61 Å². The van der Waals surface area contributed by atoms with Crippen molar-refractivity contribution in [3.63, 3.8) is 0 Å². The Morgan fingerprint density at radius 2 is 2.08 bits per heavy atom. The number of rotatable bonds is 4. The van der Waals surface area contributed by atoms with E-state index >= 15 is 0 Å². The Bertz CT molecular complexity index is 248. The maximum atomic E-state index is 9.86. The summed E-state index contributed by atoms with van der Waals surface area (Å²) >= 11 is 0. The highest BCUT2D eigenvalue weighted by Gasteiger charge is 1.99. The second kappa shape index (κ2) is 4.33. The second-order valence-electron chi connectivity index (χ2n) is 2.09. The molecule has 0 saturated heterocycles. The maximum absolute atomic E-state index is 9.86. The van der Waals surface area contributed by atoms with Crippen LogP contribution in [0.15, 0.2) is 30.3 Å². The van der Waals surface area contributed by atoms with Crippen LogP contribution >= 0.6 is 0 Å². The summed E-state index contributed by atoms with van der Waals surface area (Å²) in [5.74, 6) is 0.635. The van der Waals surface area contributed by atoms with Crippen LogP contribution in [0.5, 0.6) is 5.75 Å². The monoisotopic (exact) mass is 166 g/mol. The highest BCUT2D eigenvalue weighted by molar-refractivity contribution is 5.20. The van der Waals surface area contributed by atoms with Crippen molar-refractivity contribution < 1.29 is 9.66 Å². The van der Waals surface area contributed by atoms with Gasteiger partial charge in [-0.05, 0) is 12.1 Å². The van der Waals surface area contributed by atoms with Gasteiger partial charge in [-0.2, -0.15) is 0 Å². The summed E-state index contributed by atoms with van der Waals surface area (Å²) < 4.78 is 5.02. The minimum Gasteiger partial charge on any atom is -0.486 e. The van der Waals surface area contributed by atoms with Gasteiger partial charge in [0.25, 0.3) is 0 Å². The molecule has 0 aliphatic rings. The lowest BCUT2D eigenvalue weighted by Crippen LogP contribution is -2.04. The summed E-state index contributed by atoms with van der Waals surface area (Å²) in [6, 6.07) is 8.95. The van der Waals surface area contributed by atoms with Crippen LogP contribution in [0.2, 0.25) is 0 Å². The van der Waals surface area contributed by atoms with Gasteiger partial charge in [0.1, 0.15) is 5.75 Å². The first kappa shape index (κ1) is 8.52. The van der Waals surface area contributed by atoms with Gasteiger partial charge in [-0.3, -0.25) is 10.1 Å². The van der Waals surface area contributed by atoms with Gasteiger partial charge in [0.2, 0.25) is 0 Å². The van der Waals surface area contributed by atoms with Crippen molar-refractivity contribution in [2.45, 2.75) is 0 Å². The zero-order valence-corrected chi connectivity index (χ0v) is 6.34. The van der Waals surface area contributed by atoms with E-state index < -0.39 is 4.92 Å². The smallest absolute Gasteiger partial charge is 0.315 e. The molecule has 0 fully saturated rings. The fraction of sp³-hybridized carbons (Fsp3) is 0.125. The highest BCUT2D eigenvalue weighted by Crippen LogP contribution is 2.07. The first-order valence-electron chi connectivity index (χ1n) is 3.44. The molecule has 1 aromatic rings. The molecule has 63 valence electrons. The Hall–Kier alpha value is -1.58. The SMILES string of the molecule is O=[N+]([O-])[CH]COc1ccccc1. The standard InChI is InChI=1S/C8H8NO3/c10-9(11)6-7-12-8-4-2-1-3-5-8/h1-6H,7H2. The number of para-hydroxylation sites is 1. The molecule has 0 aromatic heterocycles. The molecule has 1 radical (unpaired) electrons. The quantitative estimate of drug-likeness (QED) is 0.503. The highest BCUT2D eigenvalue weighted by atomic mass is 16.6. The van der Waals surface area contributed by atoms with Crippen molar-refractivity contribution in [1.29, 1.82) is 0 Å². The molecule has 1 rings (SSSR count). The molecule has 0 aliphatic carbocycles. The van der Waals surface area contributed by atoms with E-state index in [0.717, 1.165) is 6.54 Å². The molecule has 0 saturated carbocycles. The Balaban J connectivity index is 2.29. The summed E-state index contributed by atoms with van der Waals surface area (Å²) in [5, 5.41) is 9.86. The predicted octanol–water partition coefficient (Wildman–Crippen LogP) is 1.50. The van der Waals surface area contributed by atoms with Gasteiger partial charge in [0, 0.05) is 4.92 Å². The zero-order valence-electron chi connectivity index (χ0n) is 6.34. The van der Waals surface area contributed by atoms with Crippen molar-refractivity contribution in [1.82, 2.24) is 0 Å². The van der Waals surface area contributed by atoms with Gasteiger partial charge in [-0.15, -0.1) is 0 Å². The summed E-state index contributed by atoms with van der Waals surface area (Å²) in [6.45, 7) is 0.865. The van der Waals surface area contributed by atoms with Crippen molar-refractivity contribution in [3.8, 4) is 5.75 Å². The van der Waals surface area contributed by atoms with Crippen LogP contribution in [0.25, 0.3) is 0 Å². The van der Waals surface area contributed by atoms with E-state index in [1.54, 1.807) is 12.1 Å². The molecule has 0 unspecified atom stereocenters. The fourth-order valence-electron chi connectivity index (χ4n) is 0.711. The van der Waals surface area contributed by atoms with E-state index in [4.69, 9.17) is 4.74 Å². The molecule has 1 aromatic carbocycles. The second-order valence-corrected chi connectivity index (χ2v) is 2.09. The zero-order chi connectivity index (χ0) is 8.81. The van der Waals surface area contributed by atoms with Crippen molar-refractivity contribution >= 4 is 0 Å². The van der Waals surface area contributed by atoms with E-state index in [1.165, 1.54) is 0 Å². The minimum atomic E-state index is -0.525. The van der Waals surface area contributed by atoms with Gasteiger partial charge < -0.3 is 4.74 Å². The van der Waals surface area contributed by atoms with Gasteiger partial charge in [0.05, 0.1) is 0 Å². The number of nitrogens with zero attached hydrogens (tertiary/aromatic N) is 1. The Kier molecular flexibility index (Phi) is 3.07. The predicted molar refractivity (Wildman–Crippen MR) is 43.2 cm³/mol. The Morgan fingerprint density at radius 1 is 1.42 bits per heavy atom. The van der Waals surface area contributed by atoms with Crippen LogP contribution in [0.1, 0.15) is 0 Å². The lowest BCUT2D eigenvalue weighted by Gasteiger charge is -2.00. The van der Waals surface area contributed by atoms with E-state index in [0.29, 0.717) is 5.75 Å². The third kappa shape index (κ3) is 3.01. The molecule has 4 nitrogen and oxygen atoms in total. The van der Waals surface area contributed by atoms with Gasteiger partial charge in [-0.1, -0.05) is 18.2 Å². The molecule has 0 bridgehead atoms. The van der Waals surface area contributed by atoms with Crippen LogP contribution in [0, 0.1) is 16.7 Å². The number of nitro groups is 1. The number of ether oxygens (including phenoxy) is 1. The molecule has 0 atom stereocenters. The number of benzene rings is 1. The molecular weight excluding hydrogens is 158 g/mol. The summed E-state index contributed by atoms with van der Waals surface area (Å²) in [6.07, 6.45) is 0. The molecule has 0 spiro atoms. The molecule has 0 aliphatic heterocycles. The first-order chi connectivity index (χ1) is 5.79. The summed E-state index contributed by atoms with van der Waals surface area (Å²) in [7, 11) is 0. The largest absolute Gasteiger partial charge is 0.486 e. The lowest BCUT2D eigenvalue weighted by molar-refractivity contribution is -0.439. The minimum absolute atomic E-state index is 0.00296. The topological polar surface area (TPSA) is 52.4 Å². The van der Waals surface area contributed by atoms with E-state index in [1.807, 2.05) is 18.2 Å². The first-order valence-corrected chi connectivity index (χ1v) is 3.44.